The third-order valence-electron chi connectivity index (χ3n) is 5.02. The molecule has 1 N–H and O–H groups in total. The number of hydrogen-bond acceptors (Lipinski definition) is 8. The summed E-state index contributed by atoms with van der Waals surface area (Å²) in [4.78, 5) is 26.0. The van der Waals surface area contributed by atoms with Gasteiger partial charge in [-0.2, -0.15) is 18.2 Å². The Bertz CT molecular complexity index is 1060. The number of halogens is 3. The van der Waals surface area contributed by atoms with Crippen LogP contribution in [0.4, 0.5) is 23.8 Å². The van der Waals surface area contributed by atoms with Crippen molar-refractivity contribution in [1.82, 2.24) is 25.4 Å². The summed E-state index contributed by atoms with van der Waals surface area (Å²) in [7, 11) is 0. The van der Waals surface area contributed by atoms with Crippen molar-refractivity contribution in [2.24, 2.45) is 0 Å². The maximum absolute atomic E-state index is 12.6. The molecule has 0 atom stereocenters. The summed E-state index contributed by atoms with van der Waals surface area (Å²) in [5.74, 6) is -0.733. The topological polar surface area (TPSA) is 106 Å². The Kier molecular flexibility index (Phi) is 6.71. The number of carbonyl (C=O) groups is 1. The van der Waals surface area contributed by atoms with Crippen LogP contribution in [-0.2, 0) is 24.1 Å². The van der Waals surface area contributed by atoms with E-state index in [2.05, 4.69) is 34.8 Å². The highest BCUT2D eigenvalue weighted by Gasteiger charge is 2.38. The Morgan fingerprint density at radius 1 is 1.09 bits per heavy atom. The number of nitrogens with one attached hydrogen (secondary N) is 1. The fourth-order valence-electron chi connectivity index (χ4n) is 3.29. The SMILES string of the molecule is O=C(NCc1ccc(-c2noc(C(F)(F)F)n2)cn1)OCc1ccc(N2CCCCC2)nc1. The Labute approximate surface area is 187 Å². The maximum Gasteiger partial charge on any atom is 0.471 e. The van der Waals surface area contributed by atoms with E-state index in [4.69, 9.17) is 4.74 Å². The summed E-state index contributed by atoms with van der Waals surface area (Å²) < 4.78 is 47.1. The van der Waals surface area contributed by atoms with E-state index in [0.717, 1.165) is 24.5 Å². The Hall–Kier alpha value is -3.70. The van der Waals surface area contributed by atoms with Gasteiger partial charge in [0.15, 0.2) is 0 Å². The van der Waals surface area contributed by atoms with Crippen LogP contribution in [0.2, 0.25) is 0 Å². The molecule has 0 unspecified atom stereocenters. The van der Waals surface area contributed by atoms with Gasteiger partial charge in [0.05, 0.1) is 12.2 Å². The average molecular weight is 462 g/mol. The maximum atomic E-state index is 12.6. The zero-order valence-corrected chi connectivity index (χ0v) is 17.5. The number of alkyl halides is 3. The van der Waals surface area contributed by atoms with Crippen LogP contribution >= 0.6 is 0 Å². The third kappa shape index (κ3) is 5.96. The molecular weight excluding hydrogens is 441 g/mol. The van der Waals surface area contributed by atoms with Crippen LogP contribution in [-0.4, -0.2) is 39.3 Å². The number of piperidine rings is 1. The van der Waals surface area contributed by atoms with E-state index in [0.29, 0.717) is 5.69 Å². The second kappa shape index (κ2) is 9.84. The van der Waals surface area contributed by atoms with Gasteiger partial charge in [-0.1, -0.05) is 11.2 Å². The molecule has 3 aromatic rings. The Morgan fingerprint density at radius 3 is 2.55 bits per heavy atom. The van der Waals surface area contributed by atoms with Crippen molar-refractivity contribution in [2.45, 2.75) is 38.6 Å². The molecule has 1 fully saturated rings. The van der Waals surface area contributed by atoms with Crippen LogP contribution in [0.1, 0.15) is 36.4 Å². The number of carbonyl (C=O) groups excluding carboxylic acids is 1. The molecule has 0 saturated carbocycles. The summed E-state index contributed by atoms with van der Waals surface area (Å²) in [6, 6.07) is 6.82. The molecule has 0 bridgehead atoms. The molecular formula is C21H21F3N6O3. The van der Waals surface area contributed by atoms with Crippen LogP contribution in [0.15, 0.2) is 41.2 Å². The molecule has 9 nitrogen and oxygen atoms in total. The van der Waals surface area contributed by atoms with Gasteiger partial charge >= 0.3 is 18.2 Å². The highest BCUT2D eigenvalue weighted by atomic mass is 19.4. The van der Waals surface area contributed by atoms with Crippen LogP contribution in [0.5, 0.6) is 0 Å². The molecule has 0 radical (unpaired) electrons. The summed E-state index contributed by atoms with van der Waals surface area (Å²) in [6.07, 6.45) is 1.23. The molecule has 12 heteroatoms. The number of alkyl carbamates (subject to hydrolysis) is 1. The van der Waals surface area contributed by atoms with Gasteiger partial charge in [-0.05, 0) is 37.5 Å². The number of hydrogen-bond donors (Lipinski definition) is 1. The van der Waals surface area contributed by atoms with Crippen LogP contribution in [0.3, 0.4) is 0 Å². The molecule has 0 aromatic carbocycles. The fraction of sp³-hybridized carbons (Fsp3) is 0.381. The first-order valence-corrected chi connectivity index (χ1v) is 10.4. The molecule has 1 aliphatic rings. The summed E-state index contributed by atoms with van der Waals surface area (Å²) in [5.41, 5.74) is 1.50. The van der Waals surface area contributed by atoms with E-state index in [1.54, 1.807) is 6.20 Å². The molecule has 1 amide bonds. The van der Waals surface area contributed by atoms with Crippen LogP contribution < -0.4 is 10.2 Å². The van der Waals surface area contributed by atoms with Crippen molar-refractivity contribution in [3.63, 3.8) is 0 Å². The van der Waals surface area contributed by atoms with Crippen LogP contribution in [0.25, 0.3) is 11.4 Å². The first-order chi connectivity index (χ1) is 15.9. The van der Waals surface area contributed by atoms with E-state index in [1.807, 2.05) is 12.1 Å². The number of pyridine rings is 2. The zero-order chi connectivity index (χ0) is 23.3. The van der Waals surface area contributed by atoms with Crippen LogP contribution in [0, 0.1) is 0 Å². The van der Waals surface area contributed by atoms with E-state index in [-0.39, 0.29) is 24.5 Å². The molecule has 1 saturated heterocycles. The number of rotatable bonds is 6. The highest BCUT2D eigenvalue weighted by molar-refractivity contribution is 5.67. The lowest BCUT2D eigenvalue weighted by atomic mass is 10.1. The highest BCUT2D eigenvalue weighted by Crippen LogP contribution is 2.29. The number of aromatic nitrogens is 4. The van der Waals surface area contributed by atoms with E-state index >= 15 is 0 Å². The monoisotopic (exact) mass is 462 g/mol. The molecule has 174 valence electrons. The molecule has 0 spiro atoms. The first kappa shape index (κ1) is 22.5. The predicted octanol–water partition coefficient (Wildman–Crippen LogP) is 3.96. The van der Waals surface area contributed by atoms with Gasteiger partial charge < -0.3 is 19.5 Å². The zero-order valence-electron chi connectivity index (χ0n) is 17.5. The largest absolute Gasteiger partial charge is 0.471 e. The number of nitrogens with zero attached hydrogens (tertiary/aromatic N) is 5. The summed E-state index contributed by atoms with van der Waals surface area (Å²) >= 11 is 0. The molecule has 4 rings (SSSR count). The molecule has 33 heavy (non-hydrogen) atoms. The Morgan fingerprint density at radius 2 is 1.91 bits per heavy atom. The van der Waals surface area contributed by atoms with Gasteiger partial charge in [-0.15, -0.1) is 0 Å². The molecule has 4 heterocycles. The summed E-state index contributed by atoms with van der Waals surface area (Å²) in [5, 5.41) is 5.86. The molecule has 0 aliphatic carbocycles. The van der Waals surface area contributed by atoms with Gasteiger partial charge in [-0.25, -0.2) is 9.78 Å². The fourth-order valence-corrected chi connectivity index (χ4v) is 3.29. The quantitative estimate of drug-likeness (QED) is 0.587. The van der Waals surface area contributed by atoms with Crippen molar-refractivity contribution in [3.8, 4) is 11.4 Å². The minimum absolute atomic E-state index is 0.0743. The van der Waals surface area contributed by atoms with E-state index < -0.39 is 18.2 Å². The predicted molar refractivity (Wildman–Crippen MR) is 110 cm³/mol. The molecule has 3 aromatic heterocycles. The van der Waals surface area contributed by atoms with Crippen molar-refractivity contribution in [3.05, 3.63) is 53.8 Å². The van der Waals surface area contributed by atoms with Gasteiger partial charge in [0.2, 0.25) is 5.82 Å². The van der Waals surface area contributed by atoms with Gasteiger partial charge in [-0.3, -0.25) is 4.98 Å². The average Bonchev–Trinajstić information content (AvgIpc) is 3.34. The smallest absolute Gasteiger partial charge is 0.445 e. The van der Waals surface area contributed by atoms with Gasteiger partial charge in [0.25, 0.3) is 0 Å². The van der Waals surface area contributed by atoms with Crippen molar-refractivity contribution in [1.29, 1.82) is 0 Å². The number of amides is 1. The van der Waals surface area contributed by atoms with Gasteiger partial charge in [0, 0.05) is 36.6 Å². The van der Waals surface area contributed by atoms with Gasteiger partial charge in [0.1, 0.15) is 12.4 Å². The first-order valence-electron chi connectivity index (χ1n) is 10.4. The van der Waals surface area contributed by atoms with Crippen molar-refractivity contribution in [2.75, 3.05) is 18.0 Å². The molecule has 1 aliphatic heterocycles. The Balaban J connectivity index is 1.23. The number of anilines is 1. The second-order valence-corrected chi connectivity index (χ2v) is 7.46. The lowest BCUT2D eigenvalue weighted by molar-refractivity contribution is -0.159. The standard InChI is InChI=1S/C21H21F3N6O3/c22-21(23,24)19-28-18(29-33-19)15-5-6-16(25-11-15)12-27-20(31)32-13-14-4-7-17(26-10-14)30-8-2-1-3-9-30/h4-7,10-11H,1-3,8-9,12-13H2,(H,27,31). The normalized spacial score (nSPS) is 14.2. The lowest BCUT2D eigenvalue weighted by Crippen LogP contribution is -2.30. The van der Waals surface area contributed by atoms with Crippen molar-refractivity contribution >= 4 is 11.9 Å². The summed E-state index contributed by atoms with van der Waals surface area (Å²) in [6.45, 7) is 2.16. The second-order valence-electron chi connectivity index (χ2n) is 7.46. The third-order valence-corrected chi connectivity index (χ3v) is 5.02. The minimum atomic E-state index is -4.71. The number of ether oxygens (including phenoxy) is 1. The van der Waals surface area contributed by atoms with E-state index in [1.165, 1.54) is 37.6 Å². The van der Waals surface area contributed by atoms with E-state index in [9.17, 15) is 18.0 Å². The lowest BCUT2D eigenvalue weighted by Gasteiger charge is -2.27. The minimum Gasteiger partial charge on any atom is -0.445 e. The van der Waals surface area contributed by atoms with Crippen molar-refractivity contribution < 1.29 is 27.2 Å².